The van der Waals surface area contributed by atoms with E-state index in [1.807, 2.05) is 20.8 Å². The average molecular weight is 438 g/mol. The van der Waals surface area contributed by atoms with Gasteiger partial charge in [0.2, 0.25) is 0 Å². The fraction of sp³-hybridized carbons (Fsp3) is 0.636. The highest BCUT2D eigenvalue weighted by atomic mass is 19.1. The van der Waals surface area contributed by atoms with E-state index in [-0.39, 0.29) is 17.6 Å². The highest BCUT2D eigenvalue weighted by Gasteiger charge is 2.33. The van der Waals surface area contributed by atoms with Crippen molar-refractivity contribution in [3.05, 3.63) is 35.1 Å². The Hall–Kier alpha value is -2.23. The molecule has 1 aromatic carbocycles. The number of nitrogens with zero attached hydrogens (tertiary/aromatic N) is 1. The van der Waals surface area contributed by atoms with E-state index in [1.165, 1.54) is 6.07 Å². The van der Waals surface area contributed by atoms with E-state index in [2.05, 4.69) is 10.6 Å². The Morgan fingerprint density at radius 1 is 1.16 bits per heavy atom. The summed E-state index contributed by atoms with van der Waals surface area (Å²) in [5.41, 5.74) is -0.00718. The molecule has 2 heterocycles. The smallest absolute Gasteiger partial charge is 0.410 e. The molecule has 4 N–H and O–H groups in total. The summed E-state index contributed by atoms with van der Waals surface area (Å²) in [4.78, 5) is 26.8. The number of benzene rings is 1. The van der Waals surface area contributed by atoms with Crippen molar-refractivity contribution >= 4 is 12.0 Å². The molecule has 1 aromatic rings. The van der Waals surface area contributed by atoms with E-state index in [1.54, 1.807) is 17.0 Å². The number of likely N-dealkylation sites (tertiary alicyclic amines) is 1. The molecular weight excluding hydrogens is 405 g/mol. The molecule has 0 saturated carbocycles. The Balaban J connectivity index is 1.69. The van der Waals surface area contributed by atoms with Gasteiger partial charge in [-0.1, -0.05) is 12.1 Å². The number of hydrogen-bond donors (Lipinski definition) is 4. The van der Waals surface area contributed by atoms with E-state index < -0.39 is 35.8 Å². The van der Waals surface area contributed by atoms with Crippen LogP contribution in [0.15, 0.2) is 18.2 Å². The second kappa shape index (κ2) is 9.50. The Kier molecular flexibility index (Phi) is 7.18. The lowest BCUT2D eigenvalue weighted by Crippen LogP contribution is -2.57. The predicted molar refractivity (Wildman–Crippen MR) is 112 cm³/mol. The van der Waals surface area contributed by atoms with Gasteiger partial charge in [-0.25, -0.2) is 9.18 Å². The molecule has 0 bridgehead atoms. The molecule has 8 nitrogen and oxygen atoms in total. The third-order valence-electron chi connectivity index (χ3n) is 5.67. The SMILES string of the molecule is CC(C)(C)OC(=O)N1CCC(c2cccc(F)c2C(=O)NC2CCC(O)NC2O)CC1. The van der Waals surface area contributed by atoms with Crippen LogP contribution in [0.2, 0.25) is 0 Å². The fourth-order valence-corrected chi connectivity index (χ4v) is 4.10. The molecule has 0 radical (unpaired) electrons. The van der Waals surface area contributed by atoms with Gasteiger partial charge in [0.1, 0.15) is 23.9 Å². The summed E-state index contributed by atoms with van der Waals surface area (Å²) in [5.74, 6) is -1.29. The van der Waals surface area contributed by atoms with E-state index in [4.69, 9.17) is 4.74 Å². The van der Waals surface area contributed by atoms with Gasteiger partial charge in [-0.3, -0.25) is 10.1 Å². The number of carbonyl (C=O) groups excluding carboxylic acids is 2. The molecule has 2 fully saturated rings. The zero-order chi connectivity index (χ0) is 22.8. The van der Waals surface area contributed by atoms with E-state index in [9.17, 15) is 24.2 Å². The molecule has 2 amide bonds. The van der Waals surface area contributed by atoms with Crippen molar-refractivity contribution in [3.63, 3.8) is 0 Å². The first-order valence-corrected chi connectivity index (χ1v) is 10.7. The molecule has 3 rings (SSSR count). The molecule has 31 heavy (non-hydrogen) atoms. The summed E-state index contributed by atoms with van der Waals surface area (Å²) in [6.07, 6.45) is -0.397. The fourth-order valence-electron chi connectivity index (χ4n) is 4.10. The summed E-state index contributed by atoms with van der Waals surface area (Å²) in [7, 11) is 0. The van der Waals surface area contributed by atoms with Gasteiger partial charge in [0.15, 0.2) is 0 Å². The first-order chi connectivity index (χ1) is 14.5. The standard InChI is InChI=1S/C22H32FN3O5/c1-22(2,3)31-21(30)26-11-9-13(10-12-26)14-5-4-6-15(23)18(14)20(29)24-16-7-8-17(27)25-19(16)28/h4-6,13,16-17,19,25,27-28H,7-12H2,1-3H3,(H,24,29). The van der Waals surface area contributed by atoms with Crippen molar-refractivity contribution in [2.45, 2.75) is 76.5 Å². The minimum atomic E-state index is -1.11. The third kappa shape index (κ3) is 5.93. The van der Waals surface area contributed by atoms with Gasteiger partial charge in [0.25, 0.3) is 5.91 Å². The molecule has 2 saturated heterocycles. The zero-order valence-electron chi connectivity index (χ0n) is 18.2. The molecule has 2 aliphatic rings. The zero-order valence-corrected chi connectivity index (χ0v) is 18.2. The van der Waals surface area contributed by atoms with Crippen LogP contribution < -0.4 is 10.6 Å². The third-order valence-corrected chi connectivity index (χ3v) is 5.67. The Bertz CT molecular complexity index is 805. The predicted octanol–water partition coefficient (Wildman–Crippen LogP) is 2.06. The van der Waals surface area contributed by atoms with Crippen molar-refractivity contribution in [3.8, 4) is 0 Å². The summed E-state index contributed by atoms with van der Waals surface area (Å²) < 4.78 is 20.1. The first kappa shape index (κ1) is 23.4. The van der Waals surface area contributed by atoms with E-state index in [0.717, 1.165) is 0 Å². The van der Waals surface area contributed by atoms with Crippen molar-refractivity contribution < 1.29 is 28.9 Å². The first-order valence-electron chi connectivity index (χ1n) is 10.7. The maximum Gasteiger partial charge on any atom is 0.410 e. The molecule has 172 valence electrons. The molecule has 3 unspecified atom stereocenters. The summed E-state index contributed by atoms with van der Waals surface area (Å²) >= 11 is 0. The van der Waals surface area contributed by atoms with Crippen LogP contribution in [0.3, 0.4) is 0 Å². The Labute approximate surface area is 181 Å². The molecular formula is C22H32FN3O5. The topological polar surface area (TPSA) is 111 Å². The van der Waals surface area contributed by atoms with Crippen LogP contribution in [-0.4, -0.2) is 64.3 Å². The van der Waals surface area contributed by atoms with Gasteiger partial charge in [-0.15, -0.1) is 0 Å². The summed E-state index contributed by atoms with van der Waals surface area (Å²) in [5, 5.41) is 24.9. The van der Waals surface area contributed by atoms with Crippen molar-refractivity contribution in [1.29, 1.82) is 0 Å². The second-order valence-corrected chi connectivity index (χ2v) is 9.23. The molecule has 3 atom stereocenters. The quantitative estimate of drug-likeness (QED) is 0.576. The second-order valence-electron chi connectivity index (χ2n) is 9.23. The van der Waals surface area contributed by atoms with Gasteiger partial charge < -0.3 is 25.2 Å². The lowest BCUT2D eigenvalue weighted by atomic mass is 9.86. The average Bonchev–Trinajstić information content (AvgIpc) is 2.68. The maximum atomic E-state index is 14.7. The Morgan fingerprint density at radius 2 is 1.84 bits per heavy atom. The van der Waals surface area contributed by atoms with Gasteiger partial charge in [0.05, 0.1) is 11.6 Å². The number of piperidine rings is 2. The van der Waals surface area contributed by atoms with Gasteiger partial charge in [-0.2, -0.15) is 0 Å². The van der Waals surface area contributed by atoms with Crippen LogP contribution in [0.1, 0.15) is 68.3 Å². The van der Waals surface area contributed by atoms with Crippen LogP contribution in [0, 0.1) is 5.82 Å². The monoisotopic (exact) mass is 437 g/mol. The van der Waals surface area contributed by atoms with Gasteiger partial charge >= 0.3 is 6.09 Å². The number of aliphatic hydroxyl groups is 2. The molecule has 0 aliphatic carbocycles. The molecule has 0 spiro atoms. The van der Waals surface area contributed by atoms with E-state index in [0.29, 0.717) is 44.3 Å². The van der Waals surface area contributed by atoms with Crippen LogP contribution in [0.4, 0.5) is 9.18 Å². The maximum absolute atomic E-state index is 14.7. The highest BCUT2D eigenvalue weighted by Crippen LogP contribution is 2.32. The lowest BCUT2D eigenvalue weighted by molar-refractivity contribution is -0.0161. The van der Waals surface area contributed by atoms with Crippen molar-refractivity contribution in [2.24, 2.45) is 0 Å². The van der Waals surface area contributed by atoms with Crippen LogP contribution in [0.5, 0.6) is 0 Å². The van der Waals surface area contributed by atoms with Crippen LogP contribution >= 0.6 is 0 Å². The highest BCUT2D eigenvalue weighted by molar-refractivity contribution is 5.96. The van der Waals surface area contributed by atoms with Crippen molar-refractivity contribution in [2.75, 3.05) is 13.1 Å². The number of nitrogens with one attached hydrogen (secondary N) is 2. The molecule has 2 aliphatic heterocycles. The minimum absolute atomic E-state index is 0.0310. The minimum Gasteiger partial charge on any atom is -0.444 e. The number of hydrogen-bond acceptors (Lipinski definition) is 6. The molecule has 9 heteroatoms. The number of amides is 2. The number of carbonyl (C=O) groups is 2. The molecule has 0 aromatic heterocycles. The normalized spacial score (nSPS) is 25.2. The van der Waals surface area contributed by atoms with Crippen LogP contribution in [-0.2, 0) is 4.74 Å². The number of rotatable bonds is 3. The lowest BCUT2D eigenvalue weighted by Gasteiger charge is -2.35. The van der Waals surface area contributed by atoms with E-state index >= 15 is 0 Å². The number of halogens is 1. The number of ether oxygens (including phenoxy) is 1. The Morgan fingerprint density at radius 3 is 2.45 bits per heavy atom. The van der Waals surface area contributed by atoms with Gasteiger partial charge in [0, 0.05) is 13.1 Å². The van der Waals surface area contributed by atoms with Crippen molar-refractivity contribution in [1.82, 2.24) is 15.5 Å². The van der Waals surface area contributed by atoms with Crippen LogP contribution in [0.25, 0.3) is 0 Å². The number of aliphatic hydroxyl groups excluding tert-OH is 2. The summed E-state index contributed by atoms with van der Waals surface area (Å²) in [6, 6.07) is 3.94. The largest absolute Gasteiger partial charge is 0.444 e. The van der Waals surface area contributed by atoms with Gasteiger partial charge in [-0.05, 0) is 64.0 Å². The summed E-state index contributed by atoms with van der Waals surface area (Å²) in [6.45, 7) is 6.36.